The maximum atomic E-state index is 12.1. The first-order valence-electron chi connectivity index (χ1n) is 5.92. The quantitative estimate of drug-likeness (QED) is 0.458. The van der Waals surface area contributed by atoms with Gasteiger partial charge in [-0.3, -0.25) is 10.2 Å². The Balaban J connectivity index is 2.61. The first-order chi connectivity index (χ1) is 9.71. The first kappa shape index (κ1) is 17.6. The zero-order valence-corrected chi connectivity index (χ0v) is 12.6. The number of carbonyl (C=O) groups is 1. The van der Waals surface area contributed by atoms with Gasteiger partial charge in [-0.1, -0.05) is 0 Å². The third kappa shape index (κ3) is 6.67. The molecule has 0 saturated carbocycles. The molecule has 0 aliphatic carbocycles. The highest BCUT2D eigenvalue weighted by Gasteiger charge is 2.32. The van der Waals surface area contributed by atoms with Crippen LogP contribution in [0.4, 0.5) is 13.2 Å². The lowest BCUT2D eigenvalue weighted by Crippen LogP contribution is -2.30. The Labute approximate surface area is 127 Å². The number of halogens is 4. The Morgan fingerprint density at radius 1 is 1.48 bits per heavy atom. The predicted octanol–water partition coefficient (Wildman–Crippen LogP) is 2.89. The number of ether oxygens (including phenoxy) is 2. The van der Waals surface area contributed by atoms with E-state index in [0.29, 0.717) is 12.2 Å². The summed E-state index contributed by atoms with van der Waals surface area (Å²) in [7, 11) is 0. The summed E-state index contributed by atoms with van der Waals surface area (Å²) >= 11 is 2.98. The Bertz CT molecular complexity index is 497. The fourth-order valence-electron chi connectivity index (χ4n) is 1.46. The summed E-state index contributed by atoms with van der Waals surface area (Å²) < 4.78 is 45.8. The van der Waals surface area contributed by atoms with Gasteiger partial charge in [0.1, 0.15) is 11.5 Å². The van der Waals surface area contributed by atoms with Crippen LogP contribution in [0.5, 0.6) is 11.5 Å². The van der Waals surface area contributed by atoms with E-state index >= 15 is 0 Å². The number of alkyl halides is 3. The molecule has 3 N–H and O–H groups in total. The Morgan fingerprint density at radius 3 is 2.67 bits per heavy atom. The summed E-state index contributed by atoms with van der Waals surface area (Å²) in [5, 5.41) is 0. The average Bonchev–Trinajstić information content (AvgIpc) is 2.38. The standard InChI is InChI=1S/C12H14BrF3N2O3/c1-7(2-5-11(19)18-17)20-8-3-4-10(9(13)6-8)21-12(14,15)16/h3-4,6-7H,2,5,17H2,1H3,(H,18,19). The molecule has 1 rings (SSSR count). The lowest BCUT2D eigenvalue weighted by Gasteiger charge is -2.16. The van der Waals surface area contributed by atoms with Gasteiger partial charge in [0.25, 0.3) is 0 Å². The number of hydrogen-bond donors (Lipinski definition) is 2. The smallest absolute Gasteiger partial charge is 0.491 e. The van der Waals surface area contributed by atoms with Crippen molar-refractivity contribution in [3.63, 3.8) is 0 Å². The van der Waals surface area contributed by atoms with Gasteiger partial charge in [-0.25, -0.2) is 5.84 Å². The molecular weight excluding hydrogens is 357 g/mol. The zero-order valence-electron chi connectivity index (χ0n) is 11.0. The van der Waals surface area contributed by atoms with Crippen LogP contribution in [0.25, 0.3) is 0 Å². The number of amides is 1. The lowest BCUT2D eigenvalue weighted by molar-refractivity contribution is -0.274. The van der Waals surface area contributed by atoms with E-state index in [9.17, 15) is 18.0 Å². The van der Waals surface area contributed by atoms with E-state index in [-0.39, 0.29) is 28.7 Å². The molecule has 0 fully saturated rings. The average molecular weight is 371 g/mol. The molecule has 1 aromatic rings. The van der Waals surface area contributed by atoms with Gasteiger partial charge in [0.05, 0.1) is 10.6 Å². The molecule has 0 aromatic heterocycles. The fourth-order valence-corrected chi connectivity index (χ4v) is 1.90. The van der Waals surface area contributed by atoms with Crippen LogP contribution in [0.15, 0.2) is 22.7 Å². The monoisotopic (exact) mass is 370 g/mol. The van der Waals surface area contributed by atoms with E-state index < -0.39 is 6.36 Å². The summed E-state index contributed by atoms with van der Waals surface area (Å²) in [6.45, 7) is 1.73. The second-order valence-corrected chi connectivity index (χ2v) is 5.03. The largest absolute Gasteiger partial charge is 0.573 e. The zero-order chi connectivity index (χ0) is 16.0. The Morgan fingerprint density at radius 2 is 2.14 bits per heavy atom. The van der Waals surface area contributed by atoms with Crippen molar-refractivity contribution >= 4 is 21.8 Å². The van der Waals surface area contributed by atoms with Crippen LogP contribution in [0, 0.1) is 0 Å². The maximum Gasteiger partial charge on any atom is 0.573 e. The molecule has 0 aliphatic heterocycles. The van der Waals surface area contributed by atoms with Crippen molar-refractivity contribution in [1.29, 1.82) is 0 Å². The van der Waals surface area contributed by atoms with Crippen LogP contribution in [0.3, 0.4) is 0 Å². The molecule has 1 unspecified atom stereocenters. The van der Waals surface area contributed by atoms with Crippen molar-refractivity contribution in [3.8, 4) is 11.5 Å². The van der Waals surface area contributed by atoms with Crippen LogP contribution in [-0.4, -0.2) is 18.4 Å². The summed E-state index contributed by atoms with van der Waals surface area (Å²) in [6.07, 6.45) is -4.45. The molecule has 1 aromatic carbocycles. The molecule has 0 spiro atoms. The minimum absolute atomic E-state index is 0.115. The van der Waals surface area contributed by atoms with Crippen molar-refractivity contribution in [1.82, 2.24) is 5.43 Å². The van der Waals surface area contributed by atoms with Crippen molar-refractivity contribution < 1.29 is 27.4 Å². The lowest BCUT2D eigenvalue weighted by atomic mass is 10.2. The molecule has 0 aliphatic rings. The highest BCUT2D eigenvalue weighted by molar-refractivity contribution is 9.10. The van der Waals surface area contributed by atoms with Crippen molar-refractivity contribution in [2.24, 2.45) is 5.84 Å². The van der Waals surface area contributed by atoms with Gasteiger partial charge in [0, 0.05) is 6.42 Å². The summed E-state index contributed by atoms with van der Waals surface area (Å²) in [4.78, 5) is 11.0. The van der Waals surface area contributed by atoms with Crippen molar-refractivity contribution in [3.05, 3.63) is 22.7 Å². The molecule has 0 heterocycles. The number of benzene rings is 1. The van der Waals surface area contributed by atoms with Gasteiger partial charge < -0.3 is 9.47 Å². The molecule has 0 saturated heterocycles. The number of hydrogen-bond acceptors (Lipinski definition) is 4. The number of hydrazine groups is 1. The maximum absolute atomic E-state index is 12.1. The van der Waals surface area contributed by atoms with E-state index in [1.165, 1.54) is 12.1 Å². The molecule has 5 nitrogen and oxygen atoms in total. The van der Waals surface area contributed by atoms with Crippen LogP contribution in [-0.2, 0) is 4.79 Å². The molecule has 0 bridgehead atoms. The van der Waals surface area contributed by atoms with Crippen LogP contribution in [0.1, 0.15) is 19.8 Å². The van der Waals surface area contributed by atoms with Crippen LogP contribution >= 0.6 is 15.9 Å². The Kier molecular flexibility index (Phi) is 6.28. The number of carbonyl (C=O) groups excluding carboxylic acids is 1. The first-order valence-corrected chi connectivity index (χ1v) is 6.72. The van der Waals surface area contributed by atoms with Crippen molar-refractivity contribution in [2.75, 3.05) is 0 Å². The fraction of sp³-hybridized carbons (Fsp3) is 0.417. The SMILES string of the molecule is CC(CCC(=O)NN)Oc1ccc(OC(F)(F)F)c(Br)c1. The Hall–Kier alpha value is -1.48. The van der Waals surface area contributed by atoms with Gasteiger partial charge in [-0.2, -0.15) is 0 Å². The highest BCUT2D eigenvalue weighted by atomic mass is 79.9. The number of rotatable bonds is 6. The molecule has 9 heteroatoms. The summed E-state index contributed by atoms with van der Waals surface area (Å²) in [5.74, 6) is 4.63. The van der Waals surface area contributed by atoms with Crippen molar-refractivity contribution in [2.45, 2.75) is 32.2 Å². The van der Waals surface area contributed by atoms with E-state index in [0.717, 1.165) is 6.07 Å². The minimum atomic E-state index is -4.76. The summed E-state index contributed by atoms with van der Waals surface area (Å²) in [6, 6.07) is 3.86. The van der Waals surface area contributed by atoms with Gasteiger partial charge in [-0.15, -0.1) is 13.2 Å². The highest BCUT2D eigenvalue weighted by Crippen LogP contribution is 2.33. The third-order valence-corrected chi connectivity index (χ3v) is 3.02. The molecule has 21 heavy (non-hydrogen) atoms. The second-order valence-electron chi connectivity index (χ2n) is 4.17. The van der Waals surface area contributed by atoms with E-state index in [1.54, 1.807) is 6.92 Å². The van der Waals surface area contributed by atoms with Gasteiger partial charge in [0.2, 0.25) is 5.91 Å². The van der Waals surface area contributed by atoms with Crippen LogP contribution < -0.4 is 20.7 Å². The molecule has 1 atom stereocenters. The van der Waals surface area contributed by atoms with Gasteiger partial charge >= 0.3 is 6.36 Å². The van der Waals surface area contributed by atoms with E-state index in [4.69, 9.17) is 10.6 Å². The molecule has 0 radical (unpaired) electrons. The third-order valence-electron chi connectivity index (χ3n) is 2.41. The predicted molar refractivity (Wildman–Crippen MR) is 72.5 cm³/mol. The normalized spacial score (nSPS) is 12.7. The summed E-state index contributed by atoms with van der Waals surface area (Å²) in [5.41, 5.74) is 2.00. The van der Waals surface area contributed by atoms with Gasteiger partial charge in [-0.05, 0) is 47.5 Å². The molecule has 1 amide bonds. The molecular formula is C12H14BrF3N2O3. The molecule has 118 valence electrons. The van der Waals surface area contributed by atoms with E-state index in [2.05, 4.69) is 20.7 Å². The second kappa shape index (κ2) is 7.51. The van der Waals surface area contributed by atoms with Crippen LogP contribution in [0.2, 0.25) is 0 Å². The van der Waals surface area contributed by atoms with E-state index in [1.807, 2.05) is 5.43 Å². The van der Waals surface area contributed by atoms with Gasteiger partial charge in [0.15, 0.2) is 0 Å². The topological polar surface area (TPSA) is 73.6 Å². The minimum Gasteiger partial charge on any atom is -0.491 e. The number of nitrogens with one attached hydrogen (secondary N) is 1. The number of nitrogens with two attached hydrogens (primary N) is 1.